The molecule has 1 atom stereocenters. The molecule has 0 saturated carbocycles. The van der Waals surface area contributed by atoms with Gasteiger partial charge in [-0.3, -0.25) is 4.98 Å². The Hall–Kier alpha value is -1.39. The van der Waals surface area contributed by atoms with E-state index >= 15 is 0 Å². The Kier molecular flexibility index (Phi) is 4.33. The molecule has 4 nitrogen and oxygen atoms in total. The highest BCUT2D eigenvalue weighted by Crippen LogP contribution is 2.25. The summed E-state index contributed by atoms with van der Waals surface area (Å²) in [7, 11) is 0. The maximum atomic E-state index is 6.00. The summed E-state index contributed by atoms with van der Waals surface area (Å²) in [5.41, 5.74) is 2.20. The molecule has 20 heavy (non-hydrogen) atoms. The molecule has 1 N–H and O–H groups in total. The van der Waals surface area contributed by atoms with E-state index in [0.717, 1.165) is 55.9 Å². The van der Waals surface area contributed by atoms with E-state index in [4.69, 9.17) is 9.47 Å². The Bertz CT molecular complexity index is 463. The standard InChI is InChI=1S/C16H22N2O2/c1-12(16-3-2-6-18-16)13-9-15(11-17-10-13)20-14-4-7-19-8-5-14/h9-11,14,16,18H,1-8H2/t16-/m0/s1. The van der Waals surface area contributed by atoms with Crippen LogP contribution in [0, 0.1) is 0 Å². The molecule has 2 aliphatic rings. The zero-order valence-corrected chi connectivity index (χ0v) is 11.8. The molecule has 0 radical (unpaired) electrons. The fourth-order valence-corrected chi connectivity index (χ4v) is 2.83. The molecule has 1 aromatic rings. The third kappa shape index (κ3) is 3.19. The number of pyridine rings is 1. The minimum atomic E-state index is 0.249. The Morgan fingerprint density at radius 1 is 1.30 bits per heavy atom. The maximum absolute atomic E-state index is 6.00. The van der Waals surface area contributed by atoms with Crippen molar-refractivity contribution in [3.05, 3.63) is 30.6 Å². The molecule has 2 fully saturated rings. The smallest absolute Gasteiger partial charge is 0.138 e. The lowest BCUT2D eigenvalue weighted by molar-refractivity contribution is 0.0254. The van der Waals surface area contributed by atoms with Gasteiger partial charge in [0.05, 0.1) is 19.4 Å². The van der Waals surface area contributed by atoms with Crippen molar-refractivity contribution in [1.29, 1.82) is 0 Å². The fraction of sp³-hybridized carbons (Fsp3) is 0.562. The van der Waals surface area contributed by atoms with Crippen molar-refractivity contribution in [2.45, 2.75) is 37.8 Å². The second kappa shape index (κ2) is 6.37. The molecular weight excluding hydrogens is 252 g/mol. The summed E-state index contributed by atoms with van der Waals surface area (Å²) in [5.74, 6) is 0.841. The lowest BCUT2D eigenvalue weighted by Crippen LogP contribution is -2.26. The van der Waals surface area contributed by atoms with Crippen LogP contribution in [-0.2, 0) is 4.74 Å². The van der Waals surface area contributed by atoms with Gasteiger partial charge in [0.1, 0.15) is 11.9 Å². The van der Waals surface area contributed by atoms with E-state index in [-0.39, 0.29) is 6.10 Å². The van der Waals surface area contributed by atoms with E-state index in [1.54, 1.807) is 6.20 Å². The molecule has 0 bridgehead atoms. The molecule has 0 unspecified atom stereocenters. The molecule has 0 amide bonds. The highest BCUT2D eigenvalue weighted by molar-refractivity contribution is 5.68. The maximum Gasteiger partial charge on any atom is 0.138 e. The first-order chi connectivity index (χ1) is 9.83. The topological polar surface area (TPSA) is 43.4 Å². The average Bonchev–Trinajstić information content (AvgIpc) is 3.02. The fourth-order valence-electron chi connectivity index (χ4n) is 2.83. The lowest BCUT2D eigenvalue weighted by atomic mass is 10.0. The van der Waals surface area contributed by atoms with Gasteiger partial charge in [-0.05, 0) is 31.0 Å². The van der Waals surface area contributed by atoms with Crippen LogP contribution in [0.2, 0.25) is 0 Å². The molecule has 108 valence electrons. The molecule has 0 aliphatic carbocycles. The largest absolute Gasteiger partial charge is 0.489 e. The van der Waals surface area contributed by atoms with E-state index in [2.05, 4.69) is 22.9 Å². The molecule has 2 saturated heterocycles. The van der Waals surface area contributed by atoms with Crippen molar-refractivity contribution >= 4 is 5.57 Å². The van der Waals surface area contributed by atoms with E-state index in [1.165, 1.54) is 6.42 Å². The van der Waals surface area contributed by atoms with E-state index in [9.17, 15) is 0 Å². The lowest BCUT2D eigenvalue weighted by Gasteiger charge is -2.23. The van der Waals surface area contributed by atoms with Gasteiger partial charge in [-0.15, -0.1) is 0 Å². The van der Waals surface area contributed by atoms with Gasteiger partial charge in [0.15, 0.2) is 0 Å². The van der Waals surface area contributed by atoms with Gasteiger partial charge < -0.3 is 14.8 Å². The van der Waals surface area contributed by atoms with E-state index in [0.29, 0.717) is 6.04 Å². The van der Waals surface area contributed by atoms with Crippen LogP contribution < -0.4 is 10.1 Å². The van der Waals surface area contributed by atoms with Crippen molar-refractivity contribution < 1.29 is 9.47 Å². The predicted octanol–water partition coefficient (Wildman–Crippen LogP) is 2.40. The third-order valence-electron chi connectivity index (χ3n) is 4.04. The SMILES string of the molecule is C=C(c1cncc(OC2CCOCC2)c1)[C@@H]1CCCN1. The summed E-state index contributed by atoms with van der Waals surface area (Å²) in [6.07, 6.45) is 8.19. The van der Waals surface area contributed by atoms with Gasteiger partial charge >= 0.3 is 0 Å². The van der Waals surface area contributed by atoms with Crippen LogP contribution in [0.25, 0.3) is 5.57 Å². The first kappa shape index (κ1) is 13.6. The van der Waals surface area contributed by atoms with Crippen molar-refractivity contribution in [3.63, 3.8) is 0 Å². The normalized spacial score (nSPS) is 23.7. The van der Waals surface area contributed by atoms with Gasteiger partial charge in [0, 0.05) is 30.6 Å². The van der Waals surface area contributed by atoms with Crippen LogP contribution >= 0.6 is 0 Å². The second-order valence-corrected chi connectivity index (χ2v) is 5.51. The number of hydrogen-bond donors (Lipinski definition) is 1. The summed E-state index contributed by atoms with van der Waals surface area (Å²) in [5, 5.41) is 3.47. The molecular formula is C16H22N2O2. The molecule has 2 aliphatic heterocycles. The summed E-state index contributed by atoms with van der Waals surface area (Å²) < 4.78 is 11.4. The highest BCUT2D eigenvalue weighted by atomic mass is 16.5. The Balaban J connectivity index is 1.67. The number of nitrogens with one attached hydrogen (secondary N) is 1. The molecule has 0 aromatic carbocycles. The Labute approximate surface area is 120 Å². The van der Waals surface area contributed by atoms with Crippen LogP contribution in [0.1, 0.15) is 31.2 Å². The molecule has 1 aromatic heterocycles. The van der Waals surface area contributed by atoms with Crippen molar-refractivity contribution in [3.8, 4) is 5.75 Å². The van der Waals surface area contributed by atoms with E-state index in [1.807, 2.05) is 6.20 Å². The summed E-state index contributed by atoms with van der Waals surface area (Å²) >= 11 is 0. The van der Waals surface area contributed by atoms with Gasteiger partial charge in [0.25, 0.3) is 0 Å². The molecule has 3 heterocycles. The Morgan fingerprint density at radius 3 is 2.90 bits per heavy atom. The second-order valence-electron chi connectivity index (χ2n) is 5.51. The number of nitrogens with zero attached hydrogens (tertiary/aromatic N) is 1. The molecule has 4 heteroatoms. The quantitative estimate of drug-likeness (QED) is 0.915. The van der Waals surface area contributed by atoms with Crippen LogP contribution in [-0.4, -0.2) is 36.9 Å². The van der Waals surface area contributed by atoms with Crippen LogP contribution in [0.5, 0.6) is 5.75 Å². The minimum Gasteiger partial charge on any atom is -0.489 e. The molecule has 3 rings (SSSR count). The average molecular weight is 274 g/mol. The van der Waals surface area contributed by atoms with E-state index < -0.39 is 0 Å². The number of hydrogen-bond acceptors (Lipinski definition) is 4. The first-order valence-electron chi connectivity index (χ1n) is 7.45. The summed E-state index contributed by atoms with van der Waals surface area (Å²) in [6.45, 7) is 6.87. The monoisotopic (exact) mass is 274 g/mol. The van der Waals surface area contributed by atoms with Crippen molar-refractivity contribution in [1.82, 2.24) is 10.3 Å². The minimum absolute atomic E-state index is 0.249. The summed E-state index contributed by atoms with van der Waals surface area (Å²) in [6, 6.07) is 2.44. The van der Waals surface area contributed by atoms with Gasteiger partial charge in [0.2, 0.25) is 0 Å². The summed E-state index contributed by atoms with van der Waals surface area (Å²) in [4.78, 5) is 4.30. The van der Waals surface area contributed by atoms with Gasteiger partial charge in [-0.2, -0.15) is 0 Å². The number of rotatable bonds is 4. The van der Waals surface area contributed by atoms with Crippen molar-refractivity contribution in [2.24, 2.45) is 0 Å². The first-order valence-corrected chi connectivity index (χ1v) is 7.45. The van der Waals surface area contributed by atoms with Crippen LogP contribution in [0.15, 0.2) is 25.0 Å². The van der Waals surface area contributed by atoms with Crippen LogP contribution in [0.4, 0.5) is 0 Å². The zero-order valence-electron chi connectivity index (χ0n) is 11.8. The Morgan fingerprint density at radius 2 is 2.15 bits per heavy atom. The predicted molar refractivity (Wildman–Crippen MR) is 78.8 cm³/mol. The number of aromatic nitrogens is 1. The van der Waals surface area contributed by atoms with Crippen LogP contribution in [0.3, 0.4) is 0 Å². The zero-order chi connectivity index (χ0) is 13.8. The molecule has 0 spiro atoms. The van der Waals surface area contributed by atoms with Gasteiger partial charge in [-0.1, -0.05) is 6.58 Å². The van der Waals surface area contributed by atoms with Crippen molar-refractivity contribution in [2.75, 3.05) is 19.8 Å². The number of ether oxygens (including phenoxy) is 2. The highest BCUT2D eigenvalue weighted by Gasteiger charge is 2.20. The van der Waals surface area contributed by atoms with Gasteiger partial charge in [-0.25, -0.2) is 0 Å². The third-order valence-corrected chi connectivity index (χ3v) is 4.04.